The van der Waals surface area contributed by atoms with Crippen molar-refractivity contribution in [1.29, 1.82) is 0 Å². The Bertz CT molecular complexity index is 2160. The van der Waals surface area contributed by atoms with E-state index in [1.54, 1.807) is 11.0 Å². The lowest BCUT2D eigenvalue weighted by Gasteiger charge is -2.55. The van der Waals surface area contributed by atoms with Gasteiger partial charge < -0.3 is 28.5 Å². The summed E-state index contributed by atoms with van der Waals surface area (Å²) in [7, 11) is 0.289. The maximum absolute atomic E-state index is 13.3. The van der Waals surface area contributed by atoms with Crippen LogP contribution in [-0.2, 0) is 28.2 Å². The molecule has 1 aliphatic heterocycles. The van der Waals surface area contributed by atoms with Crippen molar-refractivity contribution in [3.05, 3.63) is 133 Å². The second-order valence-corrected chi connectivity index (χ2v) is 26.6. The van der Waals surface area contributed by atoms with Crippen LogP contribution in [0.3, 0.4) is 0 Å². The number of nitrogens with zero attached hydrogens (tertiary/aromatic N) is 1. The number of carbonyl (C=O) groups excluding carboxylic acids is 2. The minimum Gasteiger partial charge on any atom is -0.466 e. The molecule has 0 spiro atoms. The lowest BCUT2D eigenvalue weighted by Crippen LogP contribution is -2.69. The van der Waals surface area contributed by atoms with Crippen LogP contribution in [0, 0.1) is 35.0 Å². The molecule has 11 atom stereocenters. The van der Waals surface area contributed by atoms with Crippen LogP contribution in [0.15, 0.2) is 133 Å². The summed E-state index contributed by atoms with van der Waals surface area (Å²) < 4.78 is 31.4. The first-order chi connectivity index (χ1) is 31.8. The van der Waals surface area contributed by atoms with E-state index in [2.05, 4.69) is 138 Å². The molecule has 3 aliphatic rings. The highest BCUT2D eigenvalue weighted by atomic mass is 28.4. The molecule has 372 valence electrons. The number of fused-ring (bicyclic) bond motifs is 1. The molecule has 1 saturated carbocycles. The van der Waals surface area contributed by atoms with Gasteiger partial charge in [-0.3, -0.25) is 4.90 Å². The summed E-state index contributed by atoms with van der Waals surface area (Å²) in [5.74, 6) is -0.599. The van der Waals surface area contributed by atoms with Gasteiger partial charge in [0.2, 0.25) is 0 Å². The van der Waals surface area contributed by atoms with Gasteiger partial charge in [0.1, 0.15) is 11.3 Å². The van der Waals surface area contributed by atoms with Gasteiger partial charge in [-0.2, -0.15) is 0 Å². The Morgan fingerprint density at radius 1 is 0.868 bits per heavy atom. The number of methoxy groups -OCH3 is 2. The highest BCUT2D eigenvalue weighted by molar-refractivity contribution is 6.99. The number of esters is 1. The molecule has 68 heavy (non-hydrogen) atoms. The van der Waals surface area contributed by atoms with E-state index in [0.29, 0.717) is 0 Å². The summed E-state index contributed by atoms with van der Waals surface area (Å²) in [6, 6.07) is 21.4. The fraction of sp³-hybridized carbons (Fsp3) is 0.552. The van der Waals surface area contributed by atoms with Crippen molar-refractivity contribution in [3.63, 3.8) is 0 Å². The van der Waals surface area contributed by atoms with Crippen molar-refractivity contribution in [3.8, 4) is 0 Å². The second-order valence-electron chi connectivity index (χ2n) is 22.3. The minimum atomic E-state index is -2.92. The molecular formula is C58H83NO8Si. The quantitative estimate of drug-likeness (QED) is 0.0619. The highest BCUT2D eigenvalue weighted by Gasteiger charge is 2.56. The van der Waals surface area contributed by atoms with E-state index in [0.717, 1.165) is 24.0 Å². The predicted octanol–water partition coefficient (Wildman–Crippen LogP) is 11.3. The topological polar surface area (TPSA) is 104 Å². The monoisotopic (exact) mass is 950 g/mol. The standard InChI is InChI=1S/C58H83NO8Si/c1-39(24-23-29-51(60)64-16)34-35-58(14)44(36-40(2)30-31-41(3)52(61)42(4)53-43(5)59(57(12,13)65-53)54(62)66-55(6,7)8)32-33-48-49(58)37-45(63-15)38-50(48)67-68(56(9,10)11,46-25-19-17-20-26-46)47-27-21-18-22-28-47/h17-36,41-45,48-50,52-53,61H,37-38H2,1-16H3/b29-23+,31-30+,35-34+,39-24-,40-36+/t41-,42+,43-,44-,45+,48-,49-,50+,52-,53+,58+/m1/s1. The zero-order valence-corrected chi connectivity index (χ0v) is 45.0. The third kappa shape index (κ3) is 12.3. The number of allylic oxidation sites excluding steroid dienone is 9. The minimum absolute atomic E-state index is 0.0124. The van der Waals surface area contributed by atoms with Gasteiger partial charge in [-0.25, -0.2) is 9.59 Å². The number of benzene rings is 2. The van der Waals surface area contributed by atoms with E-state index in [9.17, 15) is 14.7 Å². The third-order valence-electron chi connectivity index (χ3n) is 14.7. The summed E-state index contributed by atoms with van der Waals surface area (Å²) in [5, 5.41) is 14.1. The largest absolute Gasteiger partial charge is 0.466 e. The molecule has 1 heterocycles. The Kier molecular flexibility index (Phi) is 17.8. The van der Waals surface area contributed by atoms with Gasteiger partial charge in [0, 0.05) is 36.9 Å². The Morgan fingerprint density at radius 2 is 1.47 bits per heavy atom. The van der Waals surface area contributed by atoms with Gasteiger partial charge in [-0.1, -0.05) is 168 Å². The fourth-order valence-corrected chi connectivity index (χ4v) is 15.8. The molecule has 2 aromatic rings. The van der Waals surface area contributed by atoms with Crippen LogP contribution in [0.4, 0.5) is 4.79 Å². The van der Waals surface area contributed by atoms with Gasteiger partial charge >= 0.3 is 12.1 Å². The van der Waals surface area contributed by atoms with Crippen LogP contribution in [-0.4, -0.2) is 86.4 Å². The van der Waals surface area contributed by atoms with Crippen LogP contribution in [0.1, 0.15) is 110 Å². The Hall–Kier alpha value is -4.32. The first-order valence-corrected chi connectivity index (χ1v) is 26.6. The summed E-state index contributed by atoms with van der Waals surface area (Å²) >= 11 is 0. The smallest absolute Gasteiger partial charge is 0.412 e. The van der Waals surface area contributed by atoms with Crippen LogP contribution in [0.25, 0.3) is 0 Å². The Labute approximate surface area is 410 Å². The van der Waals surface area contributed by atoms with Crippen molar-refractivity contribution in [2.24, 2.45) is 35.0 Å². The van der Waals surface area contributed by atoms with Crippen molar-refractivity contribution in [2.75, 3.05) is 14.2 Å². The molecule has 0 radical (unpaired) electrons. The molecule has 10 heteroatoms. The number of hydrogen-bond acceptors (Lipinski definition) is 8. The number of ether oxygens (including phenoxy) is 4. The number of aliphatic hydroxyl groups excluding tert-OH is 1. The van der Waals surface area contributed by atoms with Gasteiger partial charge in [-0.05, 0) is 95.0 Å². The van der Waals surface area contributed by atoms with Gasteiger partial charge in [0.15, 0.2) is 0 Å². The molecule has 2 aliphatic carbocycles. The third-order valence-corrected chi connectivity index (χ3v) is 19.8. The highest BCUT2D eigenvalue weighted by Crippen LogP contribution is 2.54. The SMILES string of the molecule is COC(=O)/C=C/C=C(C)\C=C\[C@@]1(C)[C@@H](/C=C(C)/C=C/[C@@H](C)[C@@H](O)[C@H](C)[C@@H]2OC(C)(C)N(C(=O)OC(C)(C)C)[C@@H]2C)C=C[C@H]2[C@@H](O[Si](c3ccccc3)(c3ccccc3)C(C)(C)C)C[C@@H](OC)C[C@H]21. The number of hydrogen-bond donors (Lipinski definition) is 1. The predicted molar refractivity (Wildman–Crippen MR) is 278 cm³/mol. The Morgan fingerprint density at radius 3 is 2.01 bits per heavy atom. The van der Waals surface area contributed by atoms with Crippen molar-refractivity contribution in [2.45, 2.75) is 157 Å². The molecule has 0 unspecified atom stereocenters. The van der Waals surface area contributed by atoms with Crippen LogP contribution < -0.4 is 10.4 Å². The van der Waals surface area contributed by atoms with Crippen LogP contribution in [0.2, 0.25) is 5.04 Å². The molecule has 1 saturated heterocycles. The van der Waals surface area contributed by atoms with Crippen molar-refractivity contribution in [1.82, 2.24) is 4.90 Å². The van der Waals surface area contributed by atoms with E-state index in [-0.39, 0.29) is 58.3 Å². The lowest BCUT2D eigenvalue weighted by molar-refractivity contribution is -0.134. The second kappa shape index (κ2) is 22.2. The van der Waals surface area contributed by atoms with E-state index in [1.165, 1.54) is 23.6 Å². The van der Waals surface area contributed by atoms with Crippen molar-refractivity contribution >= 4 is 30.8 Å². The number of amides is 1. The molecule has 2 aromatic carbocycles. The summed E-state index contributed by atoms with van der Waals surface area (Å²) in [4.78, 5) is 26.9. The van der Waals surface area contributed by atoms with Gasteiger partial charge in [-0.15, -0.1) is 0 Å². The zero-order valence-electron chi connectivity index (χ0n) is 44.0. The summed E-state index contributed by atoms with van der Waals surface area (Å²) in [6.07, 6.45) is 21.0. The normalized spacial score (nSPS) is 28.5. The first-order valence-electron chi connectivity index (χ1n) is 24.7. The van der Waals surface area contributed by atoms with Crippen molar-refractivity contribution < 1.29 is 38.1 Å². The lowest BCUT2D eigenvalue weighted by atomic mass is 9.55. The molecule has 9 nitrogen and oxygen atoms in total. The molecule has 1 N–H and O–H groups in total. The van der Waals surface area contributed by atoms with E-state index < -0.39 is 43.9 Å². The fourth-order valence-electron chi connectivity index (χ4n) is 11.1. The van der Waals surface area contributed by atoms with Crippen LogP contribution in [0.5, 0.6) is 0 Å². The summed E-state index contributed by atoms with van der Waals surface area (Å²) in [6.45, 7) is 28.9. The van der Waals surface area contributed by atoms with Crippen LogP contribution >= 0.6 is 0 Å². The van der Waals surface area contributed by atoms with E-state index >= 15 is 0 Å². The average molecular weight is 950 g/mol. The molecule has 5 rings (SSSR count). The first kappa shape index (κ1) is 54.6. The van der Waals surface area contributed by atoms with Gasteiger partial charge in [0.05, 0.1) is 37.6 Å². The molecular weight excluding hydrogens is 867 g/mol. The maximum atomic E-state index is 13.3. The van der Waals surface area contributed by atoms with E-state index in [1.807, 2.05) is 75.5 Å². The molecule has 1 amide bonds. The molecule has 0 bridgehead atoms. The molecule has 2 fully saturated rings. The zero-order chi connectivity index (χ0) is 50.4. The number of rotatable bonds is 15. The maximum Gasteiger partial charge on any atom is 0.412 e. The van der Waals surface area contributed by atoms with E-state index in [4.69, 9.17) is 23.4 Å². The summed E-state index contributed by atoms with van der Waals surface area (Å²) in [5.41, 5.74) is 0.179. The molecule has 0 aromatic heterocycles. The average Bonchev–Trinajstić information content (AvgIpc) is 3.53. The number of aliphatic hydroxyl groups is 1. The Balaban J connectivity index is 1.51. The van der Waals surface area contributed by atoms with Gasteiger partial charge in [0.25, 0.3) is 8.32 Å². The number of carbonyl (C=O) groups is 2.